The quantitative estimate of drug-likeness (QED) is 0.705. The molecule has 2 aromatic carbocycles. The summed E-state index contributed by atoms with van der Waals surface area (Å²) in [4.78, 5) is 36.8. The third-order valence-electron chi connectivity index (χ3n) is 4.60. The molecule has 7 nitrogen and oxygen atoms in total. The number of fused-ring (bicyclic) bond motifs is 2. The third-order valence-corrected chi connectivity index (χ3v) is 4.60. The molecule has 0 atom stereocenters. The Balaban J connectivity index is 1.40. The molecule has 0 radical (unpaired) electrons. The summed E-state index contributed by atoms with van der Waals surface area (Å²) in [5.74, 6) is 0.134. The van der Waals surface area contributed by atoms with Gasteiger partial charge in [0.2, 0.25) is 5.91 Å². The van der Waals surface area contributed by atoms with Crippen molar-refractivity contribution >= 4 is 34.2 Å². The van der Waals surface area contributed by atoms with Crippen LogP contribution >= 0.6 is 0 Å². The first-order chi connectivity index (χ1) is 13.5. The van der Waals surface area contributed by atoms with Gasteiger partial charge in [0.15, 0.2) is 6.61 Å². The predicted octanol–water partition coefficient (Wildman–Crippen LogP) is 2.72. The Hall–Kier alpha value is -3.61. The van der Waals surface area contributed by atoms with Crippen molar-refractivity contribution in [2.75, 3.05) is 23.4 Å². The Labute approximate surface area is 160 Å². The summed E-state index contributed by atoms with van der Waals surface area (Å²) < 4.78 is 10.6. The Morgan fingerprint density at radius 1 is 1.14 bits per heavy atom. The van der Waals surface area contributed by atoms with Crippen molar-refractivity contribution in [1.82, 2.24) is 0 Å². The monoisotopic (exact) mass is 378 g/mol. The van der Waals surface area contributed by atoms with E-state index >= 15 is 0 Å². The predicted molar refractivity (Wildman–Crippen MR) is 105 cm³/mol. The van der Waals surface area contributed by atoms with Crippen molar-refractivity contribution in [3.63, 3.8) is 0 Å². The highest BCUT2D eigenvalue weighted by Gasteiger charge is 2.22. The van der Waals surface area contributed by atoms with Crippen LogP contribution in [-0.4, -0.2) is 25.0 Å². The fourth-order valence-electron chi connectivity index (χ4n) is 3.28. The molecule has 1 aromatic heterocycles. The second-order valence-corrected chi connectivity index (χ2v) is 6.56. The summed E-state index contributed by atoms with van der Waals surface area (Å²) in [5.41, 5.74) is 2.53. The van der Waals surface area contributed by atoms with Crippen LogP contribution in [0.15, 0.2) is 57.7 Å². The molecule has 0 saturated heterocycles. The van der Waals surface area contributed by atoms with E-state index in [0.717, 1.165) is 23.1 Å². The number of anilines is 2. The lowest BCUT2D eigenvalue weighted by Gasteiger charge is -2.15. The minimum atomic E-state index is -0.442. The van der Waals surface area contributed by atoms with Crippen LogP contribution in [0.3, 0.4) is 0 Å². The largest absolute Gasteiger partial charge is 0.484 e. The number of rotatable bonds is 4. The van der Waals surface area contributed by atoms with Crippen LogP contribution in [0.25, 0.3) is 11.0 Å². The van der Waals surface area contributed by atoms with Gasteiger partial charge in [-0.25, -0.2) is 4.79 Å². The van der Waals surface area contributed by atoms with Gasteiger partial charge in [-0.3, -0.25) is 9.59 Å². The smallest absolute Gasteiger partial charge is 0.336 e. The van der Waals surface area contributed by atoms with Gasteiger partial charge in [-0.1, -0.05) is 0 Å². The Bertz CT molecular complexity index is 1140. The molecule has 4 rings (SSSR count). The zero-order valence-corrected chi connectivity index (χ0v) is 15.2. The summed E-state index contributed by atoms with van der Waals surface area (Å²) in [7, 11) is 0. The van der Waals surface area contributed by atoms with Gasteiger partial charge in [0.05, 0.1) is 0 Å². The van der Waals surface area contributed by atoms with Crippen LogP contribution in [0.1, 0.15) is 12.5 Å². The van der Waals surface area contributed by atoms with Gasteiger partial charge in [0.25, 0.3) is 5.91 Å². The van der Waals surface area contributed by atoms with Crippen molar-refractivity contribution in [2.24, 2.45) is 0 Å². The fourth-order valence-corrected chi connectivity index (χ4v) is 3.28. The normalized spacial score (nSPS) is 12.7. The van der Waals surface area contributed by atoms with Crippen LogP contribution in [0, 0.1) is 0 Å². The lowest BCUT2D eigenvalue weighted by atomic mass is 10.1. The molecule has 2 amide bonds. The zero-order chi connectivity index (χ0) is 19.7. The van der Waals surface area contributed by atoms with Crippen molar-refractivity contribution in [2.45, 2.75) is 13.3 Å². The van der Waals surface area contributed by atoms with Gasteiger partial charge >= 0.3 is 5.63 Å². The summed E-state index contributed by atoms with van der Waals surface area (Å²) in [6, 6.07) is 13.5. The highest BCUT2D eigenvalue weighted by molar-refractivity contribution is 5.96. The molecule has 0 spiro atoms. The Morgan fingerprint density at radius 2 is 1.96 bits per heavy atom. The van der Waals surface area contributed by atoms with E-state index < -0.39 is 5.63 Å². The standard InChI is InChI=1S/C21H18N2O5/c1-13(24)23-9-8-15-10-16(4-6-18(15)23)22-20(25)12-27-17-5-2-14-3-7-21(26)28-19(14)11-17/h2-7,10-11H,8-9,12H2,1H3,(H,22,25). The molecule has 1 N–H and O–H groups in total. The molecule has 0 saturated carbocycles. The number of hydrogen-bond donors (Lipinski definition) is 1. The second kappa shape index (κ2) is 7.19. The molecule has 1 aliphatic rings. The molecule has 7 heteroatoms. The number of hydrogen-bond acceptors (Lipinski definition) is 5. The Morgan fingerprint density at radius 3 is 2.79 bits per heavy atom. The van der Waals surface area contributed by atoms with Gasteiger partial charge in [-0.2, -0.15) is 0 Å². The number of carbonyl (C=O) groups is 2. The first-order valence-corrected chi connectivity index (χ1v) is 8.87. The van der Waals surface area contributed by atoms with E-state index in [0.29, 0.717) is 23.6 Å². The van der Waals surface area contributed by atoms with Crippen LogP contribution in [-0.2, 0) is 16.0 Å². The molecule has 0 unspecified atom stereocenters. The first-order valence-electron chi connectivity index (χ1n) is 8.87. The average Bonchev–Trinajstić information content (AvgIpc) is 3.09. The van der Waals surface area contributed by atoms with Crippen LogP contribution < -0.4 is 20.6 Å². The maximum absolute atomic E-state index is 12.2. The maximum atomic E-state index is 12.2. The number of carbonyl (C=O) groups excluding carboxylic acids is 2. The van der Waals surface area contributed by atoms with Crippen LogP contribution in [0.5, 0.6) is 5.75 Å². The zero-order valence-electron chi connectivity index (χ0n) is 15.2. The van der Waals surface area contributed by atoms with E-state index in [2.05, 4.69) is 5.32 Å². The van der Waals surface area contributed by atoms with E-state index in [-0.39, 0.29) is 18.4 Å². The molecular formula is C21H18N2O5. The molecule has 28 heavy (non-hydrogen) atoms. The average molecular weight is 378 g/mol. The Kier molecular flexibility index (Phi) is 4.57. The van der Waals surface area contributed by atoms with Gasteiger partial charge in [0.1, 0.15) is 11.3 Å². The van der Waals surface area contributed by atoms with Crippen molar-refractivity contribution in [3.05, 3.63) is 64.5 Å². The molecule has 142 valence electrons. The fraction of sp³-hybridized carbons (Fsp3) is 0.190. The topological polar surface area (TPSA) is 88.9 Å². The minimum Gasteiger partial charge on any atom is -0.484 e. The van der Waals surface area contributed by atoms with Crippen molar-refractivity contribution in [3.8, 4) is 5.75 Å². The summed E-state index contributed by atoms with van der Waals surface area (Å²) in [6.07, 6.45) is 0.761. The van der Waals surface area contributed by atoms with Crippen molar-refractivity contribution in [1.29, 1.82) is 0 Å². The van der Waals surface area contributed by atoms with E-state index in [4.69, 9.17) is 9.15 Å². The number of nitrogens with zero attached hydrogens (tertiary/aromatic N) is 1. The molecule has 0 aliphatic carbocycles. The maximum Gasteiger partial charge on any atom is 0.336 e. The number of amides is 2. The summed E-state index contributed by atoms with van der Waals surface area (Å²) in [6.45, 7) is 2.02. The SMILES string of the molecule is CC(=O)N1CCc2cc(NC(=O)COc3ccc4ccc(=O)oc4c3)ccc21. The lowest BCUT2D eigenvalue weighted by Crippen LogP contribution is -2.25. The number of nitrogens with one attached hydrogen (secondary N) is 1. The van der Waals surface area contributed by atoms with E-state index in [1.807, 2.05) is 12.1 Å². The van der Waals surface area contributed by atoms with Crippen LogP contribution in [0.4, 0.5) is 11.4 Å². The molecule has 2 heterocycles. The summed E-state index contributed by atoms with van der Waals surface area (Å²) >= 11 is 0. The summed E-state index contributed by atoms with van der Waals surface area (Å²) in [5, 5.41) is 3.56. The molecule has 0 bridgehead atoms. The number of ether oxygens (including phenoxy) is 1. The van der Waals surface area contributed by atoms with Gasteiger partial charge < -0.3 is 19.4 Å². The van der Waals surface area contributed by atoms with Gasteiger partial charge in [-0.05, 0) is 48.4 Å². The minimum absolute atomic E-state index is 0.00940. The molecule has 0 fully saturated rings. The number of benzene rings is 2. The molecule has 3 aromatic rings. The lowest BCUT2D eigenvalue weighted by molar-refractivity contribution is -0.118. The highest BCUT2D eigenvalue weighted by atomic mass is 16.5. The third kappa shape index (κ3) is 3.59. The van der Waals surface area contributed by atoms with Crippen molar-refractivity contribution < 1.29 is 18.7 Å². The van der Waals surface area contributed by atoms with E-state index in [1.165, 1.54) is 6.07 Å². The van der Waals surface area contributed by atoms with E-state index in [9.17, 15) is 14.4 Å². The second-order valence-electron chi connectivity index (χ2n) is 6.56. The molecule has 1 aliphatic heterocycles. The van der Waals surface area contributed by atoms with Gasteiger partial charge in [0, 0.05) is 42.4 Å². The molecular weight excluding hydrogens is 360 g/mol. The van der Waals surface area contributed by atoms with E-state index in [1.54, 1.807) is 42.2 Å². The highest BCUT2D eigenvalue weighted by Crippen LogP contribution is 2.30. The van der Waals surface area contributed by atoms with Gasteiger partial charge in [-0.15, -0.1) is 0 Å². The van der Waals surface area contributed by atoms with Crippen LogP contribution in [0.2, 0.25) is 0 Å². The first kappa shape index (κ1) is 17.8.